The van der Waals surface area contributed by atoms with E-state index in [2.05, 4.69) is 15.2 Å². The van der Waals surface area contributed by atoms with E-state index in [9.17, 15) is 9.18 Å². The summed E-state index contributed by atoms with van der Waals surface area (Å²) in [4.78, 5) is 13.0. The van der Waals surface area contributed by atoms with Crippen LogP contribution in [0.5, 0.6) is 0 Å². The highest BCUT2D eigenvalue weighted by Gasteiger charge is 2.28. The summed E-state index contributed by atoms with van der Waals surface area (Å²) < 4.78 is 16.0. The SMILES string of the molecule is Cc1cc(/C=C2\SC(Nc3ccccc3F)NC2=O)c(C)n1-c1cccc(Cl)c1. The molecule has 0 saturated carbocycles. The van der Waals surface area contributed by atoms with Crippen LogP contribution in [0.2, 0.25) is 5.02 Å². The first-order valence-electron chi connectivity index (χ1n) is 9.07. The maximum atomic E-state index is 13.9. The third kappa shape index (κ3) is 4.04. The van der Waals surface area contributed by atoms with Gasteiger partial charge in [0.1, 0.15) is 5.82 Å². The number of anilines is 1. The van der Waals surface area contributed by atoms with E-state index in [4.69, 9.17) is 11.6 Å². The fraction of sp³-hybridized carbons (Fsp3) is 0.136. The topological polar surface area (TPSA) is 46.1 Å². The molecule has 148 valence electrons. The second-order valence-corrected chi connectivity index (χ2v) is 8.33. The lowest BCUT2D eigenvalue weighted by Crippen LogP contribution is -2.31. The number of nitrogens with one attached hydrogen (secondary N) is 2. The Morgan fingerprint density at radius 3 is 2.72 bits per heavy atom. The molecule has 3 aromatic rings. The number of aryl methyl sites for hydroxylation is 1. The number of amides is 1. The highest BCUT2D eigenvalue weighted by Crippen LogP contribution is 2.32. The molecular formula is C22H19ClFN3OS. The summed E-state index contributed by atoms with van der Waals surface area (Å²) in [6.07, 6.45) is 1.87. The van der Waals surface area contributed by atoms with Gasteiger partial charge in [0.25, 0.3) is 5.91 Å². The Kier molecular flexibility index (Phi) is 5.39. The summed E-state index contributed by atoms with van der Waals surface area (Å²) >= 11 is 7.47. The average Bonchev–Trinajstić information content (AvgIpc) is 3.16. The van der Waals surface area contributed by atoms with Gasteiger partial charge in [0.05, 0.1) is 10.6 Å². The number of carbonyl (C=O) groups is 1. The molecule has 2 heterocycles. The number of hydrogen-bond acceptors (Lipinski definition) is 3. The first-order chi connectivity index (χ1) is 13.9. The maximum Gasteiger partial charge on any atom is 0.260 e. The van der Waals surface area contributed by atoms with Gasteiger partial charge in [0, 0.05) is 22.1 Å². The van der Waals surface area contributed by atoms with Crippen LogP contribution in [0.3, 0.4) is 0 Å². The minimum atomic E-state index is -0.429. The molecule has 0 aliphatic carbocycles. The molecule has 2 N–H and O–H groups in total. The van der Waals surface area contributed by atoms with Gasteiger partial charge < -0.3 is 15.2 Å². The summed E-state index contributed by atoms with van der Waals surface area (Å²) in [6, 6.07) is 16.1. The normalized spacial score (nSPS) is 17.6. The fourth-order valence-electron chi connectivity index (χ4n) is 3.37. The maximum absolute atomic E-state index is 13.9. The van der Waals surface area contributed by atoms with Gasteiger partial charge in [-0.15, -0.1) is 0 Å². The minimum absolute atomic E-state index is 0.184. The van der Waals surface area contributed by atoms with Gasteiger partial charge in [-0.05, 0) is 61.9 Å². The van der Waals surface area contributed by atoms with Crippen molar-refractivity contribution in [1.29, 1.82) is 0 Å². The average molecular weight is 428 g/mol. The van der Waals surface area contributed by atoms with Crippen LogP contribution in [0.15, 0.2) is 59.5 Å². The smallest absolute Gasteiger partial charge is 0.260 e. The third-order valence-corrected chi connectivity index (χ3v) is 5.98. The molecule has 7 heteroatoms. The lowest BCUT2D eigenvalue weighted by Gasteiger charge is -2.13. The van der Waals surface area contributed by atoms with Gasteiger partial charge >= 0.3 is 0 Å². The van der Waals surface area contributed by atoms with Crippen molar-refractivity contribution < 1.29 is 9.18 Å². The monoisotopic (exact) mass is 427 g/mol. The van der Waals surface area contributed by atoms with Gasteiger partial charge in [-0.25, -0.2) is 4.39 Å². The molecule has 1 fully saturated rings. The lowest BCUT2D eigenvalue weighted by atomic mass is 10.2. The molecule has 1 saturated heterocycles. The Morgan fingerprint density at radius 1 is 1.17 bits per heavy atom. The van der Waals surface area contributed by atoms with Crippen LogP contribution in [0, 0.1) is 19.7 Å². The first-order valence-corrected chi connectivity index (χ1v) is 10.3. The van der Waals surface area contributed by atoms with E-state index < -0.39 is 5.50 Å². The minimum Gasteiger partial charge on any atom is -0.354 e. The van der Waals surface area contributed by atoms with E-state index in [0.29, 0.717) is 15.6 Å². The van der Waals surface area contributed by atoms with Crippen LogP contribution >= 0.6 is 23.4 Å². The number of nitrogens with zero attached hydrogens (tertiary/aromatic N) is 1. The van der Waals surface area contributed by atoms with Crippen molar-refractivity contribution >= 4 is 41.0 Å². The number of thioether (sulfide) groups is 1. The largest absolute Gasteiger partial charge is 0.354 e. The van der Waals surface area contributed by atoms with E-state index >= 15 is 0 Å². The van der Waals surface area contributed by atoms with E-state index in [0.717, 1.165) is 22.6 Å². The number of para-hydroxylation sites is 1. The first kappa shape index (κ1) is 19.6. The number of hydrogen-bond donors (Lipinski definition) is 2. The zero-order chi connectivity index (χ0) is 20.5. The van der Waals surface area contributed by atoms with Crippen molar-refractivity contribution in [2.75, 3.05) is 5.32 Å². The fourth-order valence-corrected chi connectivity index (χ4v) is 4.52. The molecule has 4 rings (SSSR count). The van der Waals surface area contributed by atoms with Crippen molar-refractivity contribution in [2.24, 2.45) is 0 Å². The summed E-state index contributed by atoms with van der Waals surface area (Å²) in [5, 5.41) is 6.52. The molecule has 1 aliphatic rings. The Balaban J connectivity index is 1.59. The summed E-state index contributed by atoms with van der Waals surface area (Å²) in [5.74, 6) is -0.541. The molecule has 0 bridgehead atoms. The number of benzene rings is 2. The quantitative estimate of drug-likeness (QED) is 0.541. The Morgan fingerprint density at radius 2 is 1.97 bits per heavy atom. The van der Waals surface area contributed by atoms with Crippen molar-refractivity contribution in [2.45, 2.75) is 19.3 Å². The molecule has 1 aromatic heterocycles. The number of carbonyl (C=O) groups excluding carboxylic acids is 1. The van der Waals surface area contributed by atoms with Crippen molar-refractivity contribution in [1.82, 2.24) is 9.88 Å². The van der Waals surface area contributed by atoms with Crippen molar-refractivity contribution in [3.05, 3.63) is 87.3 Å². The Bertz CT molecular complexity index is 1120. The van der Waals surface area contributed by atoms with E-state index in [-0.39, 0.29) is 11.7 Å². The predicted molar refractivity (Wildman–Crippen MR) is 118 cm³/mol. The molecule has 0 radical (unpaired) electrons. The molecule has 0 spiro atoms. The van der Waals surface area contributed by atoms with Gasteiger partial charge in [0.2, 0.25) is 0 Å². The number of aromatic nitrogens is 1. The van der Waals surface area contributed by atoms with Crippen LogP contribution in [0.25, 0.3) is 11.8 Å². The molecule has 1 unspecified atom stereocenters. The van der Waals surface area contributed by atoms with E-state index in [1.807, 2.05) is 50.3 Å². The van der Waals surface area contributed by atoms with Crippen LogP contribution in [-0.2, 0) is 4.79 Å². The van der Waals surface area contributed by atoms with Gasteiger partial charge in [-0.3, -0.25) is 4.79 Å². The molecule has 29 heavy (non-hydrogen) atoms. The predicted octanol–water partition coefficient (Wildman–Crippen LogP) is 5.49. The van der Waals surface area contributed by atoms with Gasteiger partial charge in [0.15, 0.2) is 5.50 Å². The van der Waals surface area contributed by atoms with E-state index in [1.54, 1.807) is 18.2 Å². The Labute approximate surface area is 177 Å². The second-order valence-electron chi connectivity index (χ2n) is 6.75. The van der Waals surface area contributed by atoms with Gasteiger partial charge in [-0.2, -0.15) is 0 Å². The Hall–Kier alpha value is -2.70. The van der Waals surface area contributed by atoms with Crippen molar-refractivity contribution in [3.63, 3.8) is 0 Å². The highest BCUT2D eigenvalue weighted by molar-refractivity contribution is 8.05. The standard InChI is InChI=1S/C22H19ClFN3OS/c1-13-10-15(14(2)27(13)17-7-5-6-16(23)12-17)11-20-21(28)26-22(29-20)25-19-9-4-3-8-18(19)24/h3-12,22,25H,1-2H3,(H,26,28)/b20-11-. The lowest BCUT2D eigenvalue weighted by molar-refractivity contribution is -0.116. The number of rotatable bonds is 4. The van der Waals surface area contributed by atoms with E-state index in [1.165, 1.54) is 17.8 Å². The highest BCUT2D eigenvalue weighted by atomic mass is 35.5. The van der Waals surface area contributed by atoms with Crippen LogP contribution in [0.4, 0.5) is 10.1 Å². The molecule has 2 aromatic carbocycles. The van der Waals surface area contributed by atoms with Crippen LogP contribution in [0.1, 0.15) is 17.0 Å². The molecule has 1 atom stereocenters. The van der Waals surface area contributed by atoms with Crippen LogP contribution < -0.4 is 10.6 Å². The summed E-state index contributed by atoms with van der Waals surface area (Å²) in [7, 11) is 0. The summed E-state index contributed by atoms with van der Waals surface area (Å²) in [6.45, 7) is 4.02. The molecule has 1 aliphatic heterocycles. The molecule has 1 amide bonds. The van der Waals surface area contributed by atoms with Crippen molar-refractivity contribution in [3.8, 4) is 5.69 Å². The molecular weight excluding hydrogens is 409 g/mol. The zero-order valence-electron chi connectivity index (χ0n) is 15.9. The van der Waals surface area contributed by atoms with Gasteiger partial charge in [-0.1, -0.05) is 41.6 Å². The summed E-state index contributed by atoms with van der Waals surface area (Å²) in [5.41, 5.74) is 3.90. The number of halogens is 2. The third-order valence-electron chi connectivity index (χ3n) is 4.71. The molecule has 4 nitrogen and oxygen atoms in total. The second kappa shape index (κ2) is 7.97. The van der Waals surface area contributed by atoms with Crippen LogP contribution in [-0.4, -0.2) is 16.0 Å². The zero-order valence-corrected chi connectivity index (χ0v) is 17.4.